The number of carbonyl (C=O) groups is 1. The Hall–Kier alpha value is -4.04. The Morgan fingerprint density at radius 2 is 1.85 bits per heavy atom. The molecule has 7 nitrogen and oxygen atoms in total. The van der Waals surface area contributed by atoms with Crippen molar-refractivity contribution in [2.75, 3.05) is 13.1 Å². The molecule has 0 radical (unpaired) electrons. The highest BCUT2D eigenvalue weighted by molar-refractivity contribution is 5.94. The Morgan fingerprint density at radius 3 is 2.41 bits per heavy atom. The summed E-state index contributed by atoms with van der Waals surface area (Å²) in [7, 11) is 0. The summed E-state index contributed by atoms with van der Waals surface area (Å²) in [5.74, 6) is -2.47. The van der Waals surface area contributed by atoms with Gasteiger partial charge in [-0.25, -0.2) is 4.39 Å². The first kappa shape index (κ1) is 29.5. The minimum atomic E-state index is -5.00. The molecule has 11 heteroatoms. The number of nitrogens with two attached hydrogens (primary N) is 1. The lowest BCUT2D eigenvalue weighted by molar-refractivity contribution is -0.140. The molecule has 1 aromatic heterocycles. The molecule has 2 N–H and O–H groups in total. The Morgan fingerprint density at radius 1 is 1.18 bits per heavy atom. The number of aromatic nitrogens is 2. The van der Waals surface area contributed by atoms with Crippen molar-refractivity contribution in [3.05, 3.63) is 98.5 Å². The van der Waals surface area contributed by atoms with Crippen molar-refractivity contribution < 1.29 is 22.4 Å². The first-order chi connectivity index (χ1) is 18.4. The van der Waals surface area contributed by atoms with Crippen LogP contribution in [-0.4, -0.2) is 33.4 Å². The molecule has 0 saturated heterocycles. The van der Waals surface area contributed by atoms with Crippen LogP contribution in [0.3, 0.4) is 0 Å². The number of hydrogen-bond donors (Lipinski definition) is 1. The van der Waals surface area contributed by atoms with Gasteiger partial charge >= 0.3 is 6.18 Å². The third-order valence-corrected chi connectivity index (χ3v) is 6.38. The van der Waals surface area contributed by atoms with Gasteiger partial charge in [-0.3, -0.25) is 9.59 Å². The number of amides is 1. The molecule has 2 aromatic carbocycles. The van der Waals surface area contributed by atoms with E-state index in [2.05, 4.69) is 4.98 Å². The highest BCUT2D eigenvalue weighted by atomic mass is 19.4. The molecule has 1 atom stereocenters. The summed E-state index contributed by atoms with van der Waals surface area (Å²) >= 11 is 0. The van der Waals surface area contributed by atoms with Gasteiger partial charge in [0.2, 0.25) is 0 Å². The highest BCUT2D eigenvalue weighted by Crippen LogP contribution is 2.34. The van der Waals surface area contributed by atoms with E-state index in [9.17, 15) is 32.4 Å². The van der Waals surface area contributed by atoms with Crippen molar-refractivity contribution in [3.63, 3.8) is 0 Å². The first-order valence-corrected chi connectivity index (χ1v) is 12.3. The monoisotopic (exact) mass is 543 g/mol. The molecule has 39 heavy (non-hydrogen) atoms. The van der Waals surface area contributed by atoms with Crippen LogP contribution in [0, 0.1) is 30.0 Å². The van der Waals surface area contributed by atoms with Crippen LogP contribution in [0.5, 0.6) is 0 Å². The van der Waals surface area contributed by atoms with Gasteiger partial charge in [0.15, 0.2) is 0 Å². The highest BCUT2D eigenvalue weighted by Gasteiger charge is 2.37. The summed E-state index contributed by atoms with van der Waals surface area (Å²) in [5, 5.41) is 9.60. The first-order valence-electron chi connectivity index (χ1n) is 12.3. The van der Waals surface area contributed by atoms with Crippen molar-refractivity contribution in [2.45, 2.75) is 46.0 Å². The van der Waals surface area contributed by atoms with Crippen molar-refractivity contribution >= 4 is 5.91 Å². The second-order valence-electron chi connectivity index (χ2n) is 9.44. The average Bonchev–Trinajstić information content (AvgIpc) is 2.88. The number of nitriles is 1. The third kappa shape index (κ3) is 6.52. The second kappa shape index (κ2) is 12.2. The van der Waals surface area contributed by atoms with E-state index in [1.165, 1.54) is 4.90 Å². The molecule has 0 aliphatic heterocycles. The lowest BCUT2D eigenvalue weighted by Gasteiger charge is -2.36. The number of alkyl halides is 3. The fourth-order valence-corrected chi connectivity index (χ4v) is 4.47. The zero-order valence-corrected chi connectivity index (χ0v) is 21.8. The van der Waals surface area contributed by atoms with Gasteiger partial charge in [0, 0.05) is 24.3 Å². The van der Waals surface area contributed by atoms with Crippen molar-refractivity contribution in [1.29, 1.82) is 5.26 Å². The van der Waals surface area contributed by atoms with E-state index in [0.29, 0.717) is 24.2 Å². The predicted molar refractivity (Wildman–Crippen MR) is 137 cm³/mol. The zero-order chi connectivity index (χ0) is 28.9. The van der Waals surface area contributed by atoms with Crippen LogP contribution in [0.4, 0.5) is 17.6 Å². The standard InChI is InChI=1S/C28H29F4N5O2/c1-17(2)24(25-35-26(38)21(15-34)18(3)37(25)16-19-8-5-4-6-9-19)36(13-7-12-33)27(39)20-10-11-23(29)22(14-20)28(30,31)32/h4-6,8-11,14,17,24H,7,12-13,16,33H2,1-3H3. The molecule has 0 aliphatic carbocycles. The fraction of sp³-hybridized carbons (Fsp3) is 0.357. The summed E-state index contributed by atoms with van der Waals surface area (Å²) in [5.41, 5.74) is 4.05. The Kier molecular flexibility index (Phi) is 9.24. The van der Waals surface area contributed by atoms with Crippen LogP contribution in [0.15, 0.2) is 53.3 Å². The molecule has 1 amide bonds. The minimum absolute atomic E-state index is 0.0389. The van der Waals surface area contributed by atoms with Gasteiger partial charge in [-0.1, -0.05) is 44.2 Å². The maximum Gasteiger partial charge on any atom is 0.419 e. The molecule has 0 aliphatic rings. The van der Waals surface area contributed by atoms with Gasteiger partial charge in [-0.2, -0.15) is 23.4 Å². The molecular formula is C28H29F4N5O2. The minimum Gasteiger partial charge on any atom is -0.330 e. The van der Waals surface area contributed by atoms with Crippen LogP contribution >= 0.6 is 0 Å². The van der Waals surface area contributed by atoms with Crippen LogP contribution < -0.4 is 11.3 Å². The second-order valence-corrected chi connectivity index (χ2v) is 9.44. The Bertz CT molecular complexity index is 1430. The number of benzene rings is 2. The van der Waals surface area contributed by atoms with E-state index < -0.39 is 35.1 Å². The molecule has 0 spiro atoms. The van der Waals surface area contributed by atoms with Crippen molar-refractivity contribution in [1.82, 2.24) is 14.5 Å². The topological polar surface area (TPSA) is 105 Å². The van der Waals surface area contributed by atoms with Crippen molar-refractivity contribution in [3.8, 4) is 6.07 Å². The summed E-state index contributed by atoms with van der Waals surface area (Å²) in [6, 6.07) is 12.3. The maximum atomic E-state index is 14.0. The number of nitrogens with zero attached hydrogens (tertiary/aromatic N) is 4. The number of carbonyl (C=O) groups excluding carboxylic acids is 1. The van der Waals surface area contributed by atoms with Gasteiger partial charge in [-0.15, -0.1) is 0 Å². The van der Waals surface area contributed by atoms with Crippen LogP contribution in [-0.2, 0) is 12.7 Å². The quantitative estimate of drug-likeness (QED) is 0.390. The van der Waals surface area contributed by atoms with E-state index in [1.807, 2.05) is 36.4 Å². The number of hydrogen-bond acceptors (Lipinski definition) is 5. The summed E-state index contributed by atoms with van der Waals surface area (Å²) in [4.78, 5) is 32.1. The number of rotatable bonds is 9. The predicted octanol–water partition coefficient (Wildman–Crippen LogP) is 4.82. The van der Waals surface area contributed by atoms with Gasteiger partial charge in [0.25, 0.3) is 11.5 Å². The van der Waals surface area contributed by atoms with E-state index in [0.717, 1.165) is 11.6 Å². The van der Waals surface area contributed by atoms with Gasteiger partial charge < -0.3 is 15.2 Å². The number of halogens is 4. The SMILES string of the molecule is Cc1c(C#N)c(=O)nc(C(C(C)C)N(CCCN)C(=O)c2ccc(F)c(C(F)(F)F)c2)n1Cc1ccccc1. The largest absolute Gasteiger partial charge is 0.419 e. The van der Waals surface area contributed by atoms with E-state index in [4.69, 9.17) is 5.73 Å². The van der Waals surface area contributed by atoms with Crippen molar-refractivity contribution in [2.24, 2.45) is 11.7 Å². The lowest BCUT2D eigenvalue weighted by atomic mass is 9.98. The average molecular weight is 544 g/mol. The van der Waals surface area contributed by atoms with E-state index >= 15 is 0 Å². The smallest absolute Gasteiger partial charge is 0.330 e. The molecule has 0 bridgehead atoms. The Balaban J connectivity index is 2.24. The van der Waals surface area contributed by atoms with Crippen LogP contribution in [0.25, 0.3) is 0 Å². The maximum absolute atomic E-state index is 14.0. The normalized spacial score (nSPS) is 12.3. The van der Waals surface area contributed by atoms with E-state index in [-0.39, 0.29) is 42.5 Å². The molecular weight excluding hydrogens is 514 g/mol. The van der Waals surface area contributed by atoms with Gasteiger partial charge in [-0.05, 0) is 49.6 Å². The molecule has 3 rings (SSSR count). The fourth-order valence-electron chi connectivity index (χ4n) is 4.47. The van der Waals surface area contributed by atoms with Gasteiger partial charge in [0.05, 0.1) is 11.6 Å². The molecule has 0 saturated carbocycles. The Labute approximate surface area is 223 Å². The van der Waals surface area contributed by atoms with E-state index in [1.54, 1.807) is 25.3 Å². The molecule has 1 unspecified atom stereocenters. The molecule has 206 valence electrons. The zero-order valence-electron chi connectivity index (χ0n) is 21.8. The lowest BCUT2D eigenvalue weighted by Crippen LogP contribution is -2.42. The summed E-state index contributed by atoms with van der Waals surface area (Å²) in [6.07, 6.45) is -4.69. The third-order valence-electron chi connectivity index (χ3n) is 6.38. The van der Waals surface area contributed by atoms with Crippen LogP contribution in [0.2, 0.25) is 0 Å². The molecule has 1 heterocycles. The summed E-state index contributed by atoms with van der Waals surface area (Å²) < 4.78 is 55.9. The van der Waals surface area contributed by atoms with Crippen LogP contribution in [0.1, 0.15) is 64.9 Å². The van der Waals surface area contributed by atoms with Gasteiger partial charge in [0.1, 0.15) is 23.3 Å². The molecule has 3 aromatic rings. The molecule has 0 fully saturated rings. The summed E-state index contributed by atoms with van der Waals surface area (Å²) in [6.45, 7) is 5.62.